The second kappa shape index (κ2) is 5.21. The molecule has 2 aromatic rings. The van der Waals surface area contributed by atoms with Crippen molar-refractivity contribution in [1.29, 1.82) is 0 Å². The van der Waals surface area contributed by atoms with Gasteiger partial charge in [0.15, 0.2) is 11.5 Å². The molecule has 0 bridgehead atoms. The van der Waals surface area contributed by atoms with Crippen LogP contribution in [0.25, 0.3) is 0 Å². The largest absolute Gasteiger partial charge is 0.493 e. The fraction of sp³-hybridized carbons (Fsp3) is 0.154. The molecule has 0 aliphatic rings. The van der Waals surface area contributed by atoms with Crippen LogP contribution in [0.5, 0.6) is 17.2 Å². The molecule has 0 aliphatic carbocycles. The van der Waals surface area contributed by atoms with Crippen molar-refractivity contribution in [1.82, 2.24) is 4.98 Å². The van der Waals surface area contributed by atoms with E-state index in [4.69, 9.17) is 9.47 Å². The van der Waals surface area contributed by atoms with Crippen LogP contribution in [-0.4, -0.2) is 19.1 Å². The van der Waals surface area contributed by atoms with Crippen LogP contribution >= 0.6 is 0 Å². The number of rotatable bonds is 4. The molecule has 0 spiro atoms. The summed E-state index contributed by atoms with van der Waals surface area (Å²) in [7, 11) is 3.43. The summed E-state index contributed by atoms with van der Waals surface area (Å²) in [5.74, 6) is 2.87. The molecule has 0 radical (unpaired) electrons. The summed E-state index contributed by atoms with van der Waals surface area (Å²) in [6.07, 6.45) is 1.69. The van der Waals surface area contributed by atoms with E-state index in [-0.39, 0.29) is 0 Å². The first kappa shape index (κ1) is 11.3. The number of methoxy groups -OCH3 is 1. The van der Waals surface area contributed by atoms with E-state index in [0.717, 1.165) is 5.82 Å². The summed E-state index contributed by atoms with van der Waals surface area (Å²) in [6, 6.07) is 11.1. The van der Waals surface area contributed by atoms with Crippen molar-refractivity contribution in [3.63, 3.8) is 0 Å². The van der Waals surface area contributed by atoms with Gasteiger partial charge in [-0.1, -0.05) is 12.1 Å². The number of nitrogens with one attached hydrogen (secondary N) is 1. The molecule has 2 rings (SSSR count). The summed E-state index contributed by atoms with van der Waals surface area (Å²) in [6.45, 7) is 0. The van der Waals surface area contributed by atoms with E-state index in [1.807, 2.05) is 37.4 Å². The predicted octanol–water partition coefficient (Wildman–Crippen LogP) is 2.92. The standard InChI is InChI=1S/C13H14N2O2/c1-14-13-9-10(7-8-15-13)17-12-6-4-3-5-11(12)16-2/h3-9H,1-2H3,(H,14,15). The van der Waals surface area contributed by atoms with Gasteiger partial charge < -0.3 is 14.8 Å². The Bertz CT molecular complexity index is 500. The molecule has 88 valence electrons. The van der Waals surface area contributed by atoms with Gasteiger partial charge in [-0.3, -0.25) is 0 Å². The van der Waals surface area contributed by atoms with Crippen LogP contribution in [-0.2, 0) is 0 Å². The zero-order chi connectivity index (χ0) is 12.1. The number of hydrogen-bond donors (Lipinski definition) is 1. The third-order valence-corrected chi connectivity index (χ3v) is 2.28. The van der Waals surface area contributed by atoms with Crippen LogP contribution in [0.4, 0.5) is 5.82 Å². The second-order valence-corrected chi connectivity index (χ2v) is 3.38. The average Bonchev–Trinajstić information content (AvgIpc) is 2.39. The Hall–Kier alpha value is -2.23. The van der Waals surface area contributed by atoms with Crippen LogP contribution in [0.1, 0.15) is 0 Å². The van der Waals surface area contributed by atoms with Crippen LogP contribution in [0, 0.1) is 0 Å². The van der Waals surface area contributed by atoms with E-state index in [1.54, 1.807) is 19.4 Å². The van der Waals surface area contributed by atoms with Gasteiger partial charge in [-0.25, -0.2) is 4.98 Å². The highest BCUT2D eigenvalue weighted by Gasteiger charge is 2.04. The van der Waals surface area contributed by atoms with E-state index in [0.29, 0.717) is 17.2 Å². The number of benzene rings is 1. The molecule has 0 unspecified atom stereocenters. The van der Waals surface area contributed by atoms with Gasteiger partial charge in [0.2, 0.25) is 0 Å². The van der Waals surface area contributed by atoms with Gasteiger partial charge >= 0.3 is 0 Å². The van der Waals surface area contributed by atoms with E-state index in [1.165, 1.54) is 0 Å². The van der Waals surface area contributed by atoms with Crippen molar-refractivity contribution in [2.45, 2.75) is 0 Å². The second-order valence-electron chi connectivity index (χ2n) is 3.38. The summed E-state index contributed by atoms with van der Waals surface area (Å²) in [4.78, 5) is 4.12. The Kier molecular flexibility index (Phi) is 3.45. The summed E-state index contributed by atoms with van der Waals surface area (Å²) >= 11 is 0. The number of ether oxygens (including phenoxy) is 2. The summed E-state index contributed by atoms with van der Waals surface area (Å²) < 4.78 is 11.0. The van der Waals surface area contributed by atoms with Gasteiger partial charge in [-0.2, -0.15) is 0 Å². The molecule has 1 aromatic heterocycles. The average molecular weight is 230 g/mol. The van der Waals surface area contributed by atoms with Crippen molar-refractivity contribution in [2.75, 3.05) is 19.5 Å². The van der Waals surface area contributed by atoms with Crippen molar-refractivity contribution in [2.24, 2.45) is 0 Å². The lowest BCUT2D eigenvalue weighted by molar-refractivity contribution is 0.379. The van der Waals surface area contributed by atoms with Gasteiger partial charge in [0.1, 0.15) is 11.6 Å². The molecule has 0 saturated carbocycles. The zero-order valence-electron chi connectivity index (χ0n) is 9.81. The molecule has 4 heteroatoms. The number of anilines is 1. The number of aromatic nitrogens is 1. The highest BCUT2D eigenvalue weighted by Crippen LogP contribution is 2.31. The maximum atomic E-state index is 5.74. The first-order valence-electron chi connectivity index (χ1n) is 5.28. The maximum Gasteiger partial charge on any atom is 0.169 e. The minimum absolute atomic E-state index is 0.684. The first-order chi connectivity index (χ1) is 8.33. The molecular formula is C13H14N2O2. The van der Waals surface area contributed by atoms with Gasteiger partial charge in [0.25, 0.3) is 0 Å². The Morgan fingerprint density at radius 3 is 2.59 bits per heavy atom. The molecular weight excluding hydrogens is 216 g/mol. The van der Waals surface area contributed by atoms with Crippen LogP contribution in [0.15, 0.2) is 42.6 Å². The van der Waals surface area contributed by atoms with E-state index in [9.17, 15) is 0 Å². The lowest BCUT2D eigenvalue weighted by Crippen LogP contribution is -1.93. The molecule has 1 aromatic carbocycles. The molecule has 0 aliphatic heterocycles. The quantitative estimate of drug-likeness (QED) is 0.877. The van der Waals surface area contributed by atoms with Crippen molar-refractivity contribution < 1.29 is 9.47 Å². The highest BCUT2D eigenvalue weighted by molar-refractivity contribution is 5.45. The Labute approximate surface area is 100 Å². The molecule has 1 heterocycles. The molecule has 0 saturated heterocycles. The molecule has 0 amide bonds. The predicted molar refractivity (Wildman–Crippen MR) is 66.9 cm³/mol. The van der Waals surface area contributed by atoms with E-state index >= 15 is 0 Å². The SMILES string of the molecule is CNc1cc(Oc2ccccc2OC)ccn1. The topological polar surface area (TPSA) is 43.4 Å². The number of hydrogen-bond acceptors (Lipinski definition) is 4. The van der Waals surface area contributed by atoms with Crippen molar-refractivity contribution >= 4 is 5.82 Å². The van der Waals surface area contributed by atoms with Crippen molar-refractivity contribution in [3.8, 4) is 17.2 Å². The van der Waals surface area contributed by atoms with E-state index in [2.05, 4.69) is 10.3 Å². The summed E-state index contributed by atoms with van der Waals surface area (Å²) in [5.41, 5.74) is 0. The van der Waals surface area contributed by atoms with Crippen LogP contribution < -0.4 is 14.8 Å². The van der Waals surface area contributed by atoms with Gasteiger partial charge in [-0.05, 0) is 18.2 Å². The number of pyridine rings is 1. The monoisotopic (exact) mass is 230 g/mol. The Morgan fingerprint density at radius 2 is 1.88 bits per heavy atom. The number of para-hydroxylation sites is 2. The van der Waals surface area contributed by atoms with E-state index < -0.39 is 0 Å². The lowest BCUT2D eigenvalue weighted by atomic mass is 10.3. The molecule has 0 fully saturated rings. The minimum Gasteiger partial charge on any atom is -0.493 e. The highest BCUT2D eigenvalue weighted by atomic mass is 16.5. The smallest absolute Gasteiger partial charge is 0.169 e. The fourth-order valence-corrected chi connectivity index (χ4v) is 1.44. The third kappa shape index (κ3) is 2.66. The first-order valence-corrected chi connectivity index (χ1v) is 5.28. The van der Waals surface area contributed by atoms with Gasteiger partial charge in [0.05, 0.1) is 7.11 Å². The molecule has 1 N–H and O–H groups in total. The Balaban J connectivity index is 2.24. The fourth-order valence-electron chi connectivity index (χ4n) is 1.44. The maximum absolute atomic E-state index is 5.74. The van der Waals surface area contributed by atoms with Crippen LogP contribution in [0.2, 0.25) is 0 Å². The molecule has 17 heavy (non-hydrogen) atoms. The van der Waals surface area contributed by atoms with Crippen molar-refractivity contribution in [3.05, 3.63) is 42.6 Å². The lowest BCUT2D eigenvalue weighted by Gasteiger charge is -2.10. The van der Waals surface area contributed by atoms with Gasteiger partial charge in [-0.15, -0.1) is 0 Å². The molecule has 4 nitrogen and oxygen atoms in total. The summed E-state index contributed by atoms with van der Waals surface area (Å²) in [5, 5.41) is 2.96. The zero-order valence-corrected chi connectivity index (χ0v) is 9.81. The number of nitrogens with zero attached hydrogens (tertiary/aromatic N) is 1. The Morgan fingerprint density at radius 1 is 1.12 bits per heavy atom. The normalized spacial score (nSPS) is 9.76. The minimum atomic E-state index is 0.684. The van der Waals surface area contributed by atoms with Crippen LogP contribution in [0.3, 0.4) is 0 Å². The third-order valence-electron chi connectivity index (χ3n) is 2.28. The van der Waals surface area contributed by atoms with Gasteiger partial charge in [0, 0.05) is 19.3 Å². The molecule has 0 atom stereocenters.